The molecule has 0 saturated heterocycles. The Hall–Kier alpha value is -2.30. The summed E-state index contributed by atoms with van der Waals surface area (Å²) in [5, 5.41) is 11.4. The second-order valence-electron chi connectivity index (χ2n) is 4.29. The zero-order valence-electron chi connectivity index (χ0n) is 11.6. The normalized spacial score (nSPS) is 12.1. The van der Waals surface area contributed by atoms with Crippen molar-refractivity contribution < 1.29 is 19.4 Å². The van der Waals surface area contributed by atoms with Crippen LogP contribution in [0.2, 0.25) is 0 Å². The van der Waals surface area contributed by atoms with Gasteiger partial charge >= 0.3 is 5.97 Å². The lowest BCUT2D eigenvalue weighted by Crippen LogP contribution is -2.39. The lowest BCUT2D eigenvalue weighted by atomic mass is 10.1. The highest BCUT2D eigenvalue weighted by Crippen LogP contribution is 2.12. The lowest BCUT2D eigenvalue weighted by molar-refractivity contribution is -0.141. The molecular weight excluding hydrogens is 258 g/mol. The van der Waals surface area contributed by atoms with Crippen molar-refractivity contribution in [3.63, 3.8) is 0 Å². The van der Waals surface area contributed by atoms with E-state index in [4.69, 9.17) is 9.84 Å². The van der Waals surface area contributed by atoms with Crippen molar-refractivity contribution in [3.05, 3.63) is 35.9 Å². The van der Waals surface area contributed by atoms with Crippen molar-refractivity contribution in [3.8, 4) is 5.75 Å². The molecule has 0 saturated carbocycles. The number of carbonyl (C=O) groups is 2. The molecule has 5 heteroatoms. The van der Waals surface area contributed by atoms with E-state index in [9.17, 15) is 9.59 Å². The standard InChI is InChI=1S/C15H19NO4/c1-3-4-13(15(18)19)16-14(17)10-7-11-5-8-12(20-2)9-6-11/h5-10,13H,3-4H2,1-2H3,(H,16,17)(H,18,19)/b10-7+. The number of amides is 1. The molecule has 1 aromatic carbocycles. The molecule has 5 nitrogen and oxygen atoms in total. The summed E-state index contributed by atoms with van der Waals surface area (Å²) in [5.74, 6) is -0.694. The largest absolute Gasteiger partial charge is 0.497 e. The molecule has 0 aromatic heterocycles. The van der Waals surface area contributed by atoms with E-state index in [-0.39, 0.29) is 0 Å². The van der Waals surface area contributed by atoms with E-state index < -0.39 is 17.9 Å². The monoisotopic (exact) mass is 277 g/mol. The smallest absolute Gasteiger partial charge is 0.326 e. The predicted molar refractivity (Wildman–Crippen MR) is 76.5 cm³/mol. The van der Waals surface area contributed by atoms with Crippen molar-refractivity contribution in [1.82, 2.24) is 5.32 Å². The van der Waals surface area contributed by atoms with Crippen LogP contribution in [0.3, 0.4) is 0 Å². The van der Waals surface area contributed by atoms with Crippen molar-refractivity contribution in [2.75, 3.05) is 7.11 Å². The first-order chi connectivity index (χ1) is 9.56. The molecule has 0 fully saturated rings. The summed E-state index contributed by atoms with van der Waals surface area (Å²) in [6, 6.07) is 6.35. The number of nitrogens with one attached hydrogen (secondary N) is 1. The molecule has 0 heterocycles. The van der Waals surface area contributed by atoms with Gasteiger partial charge in [0.1, 0.15) is 11.8 Å². The second kappa shape index (κ2) is 7.99. The van der Waals surface area contributed by atoms with Crippen molar-refractivity contribution in [1.29, 1.82) is 0 Å². The summed E-state index contributed by atoms with van der Waals surface area (Å²) < 4.78 is 5.03. The molecule has 1 aromatic rings. The molecular formula is C15H19NO4. The van der Waals surface area contributed by atoms with E-state index in [1.54, 1.807) is 25.3 Å². The van der Waals surface area contributed by atoms with Gasteiger partial charge in [0.25, 0.3) is 0 Å². The minimum Gasteiger partial charge on any atom is -0.497 e. The number of aliphatic carboxylic acids is 1. The van der Waals surface area contributed by atoms with Crippen LogP contribution in [-0.4, -0.2) is 30.1 Å². The minimum absolute atomic E-state index is 0.414. The number of hydrogen-bond donors (Lipinski definition) is 2. The molecule has 2 N–H and O–H groups in total. The van der Waals surface area contributed by atoms with Crippen LogP contribution in [-0.2, 0) is 9.59 Å². The maximum atomic E-state index is 11.6. The van der Waals surface area contributed by atoms with Gasteiger partial charge in [-0.2, -0.15) is 0 Å². The van der Waals surface area contributed by atoms with E-state index in [0.717, 1.165) is 11.3 Å². The van der Waals surface area contributed by atoms with Gasteiger partial charge in [0.05, 0.1) is 7.11 Å². The molecule has 0 aliphatic carbocycles. The average molecular weight is 277 g/mol. The van der Waals surface area contributed by atoms with Gasteiger partial charge in [-0.3, -0.25) is 4.79 Å². The number of methoxy groups -OCH3 is 1. The fourth-order valence-corrected chi connectivity index (χ4v) is 1.65. The number of carboxylic acids is 1. The average Bonchev–Trinajstić information content (AvgIpc) is 2.45. The molecule has 1 amide bonds. The van der Waals surface area contributed by atoms with Gasteiger partial charge in [-0.05, 0) is 30.2 Å². The lowest BCUT2D eigenvalue weighted by Gasteiger charge is -2.11. The Kier molecular flexibility index (Phi) is 6.29. The number of benzene rings is 1. The van der Waals surface area contributed by atoms with E-state index in [1.165, 1.54) is 6.08 Å². The van der Waals surface area contributed by atoms with Crippen LogP contribution in [0.5, 0.6) is 5.75 Å². The summed E-state index contributed by atoms with van der Waals surface area (Å²) in [7, 11) is 1.58. The Labute approximate surface area is 118 Å². The van der Waals surface area contributed by atoms with Gasteiger partial charge in [-0.1, -0.05) is 25.5 Å². The molecule has 0 radical (unpaired) electrons. The zero-order valence-corrected chi connectivity index (χ0v) is 11.6. The third-order valence-electron chi connectivity index (χ3n) is 2.73. The molecule has 0 aliphatic heterocycles. The highest BCUT2D eigenvalue weighted by Gasteiger charge is 2.17. The molecule has 20 heavy (non-hydrogen) atoms. The Bertz CT molecular complexity index is 479. The number of carbonyl (C=O) groups excluding carboxylic acids is 1. The van der Waals surface area contributed by atoms with E-state index in [2.05, 4.69) is 5.32 Å². The summed E-state index contributed by atoms with van der Waals surface area (Å²) >= 11 is 0. The first-order valence-electron chi connectivity index (χ1n) is 6.42. The minimum atomic E-state index is -1.02. The van der Waals surface area contributed by atoms with Crippen LogP contribution in [0.4, 0.5) is 0 Å². The molecule has 1 unspecified atom stereocenters. The SMILES string of the molecule is CCCC(NC(=O)/C=C/c1ccc(OC)cc1)C(=O)O. The van der Waals surface area contributed by atoms with Crippen LogP contribution in [0, 0.1) is 0 Å². The Balaban J connectivity index is 2.59. The van der Waals surface area contributed by atoms with Gasteiger partial charge in [0.2, 0.25) is 5.91 Å². The fraction of sp³-hybridized carbons (Fsp3) is 0.333. The van der Waals surface area contributed by atoms with Gasteiger partial charge in [0.15, 0.2) is 0 Å². The van der Waals surface area contributed by atoms with Crippen molar-refractivity contribution >= 4 is 18.0 Å². The second-order valence-corrected chi connectivity index (χ2v) is 4.29. The van der Waals surface area contributed by atoms with Crippen LogP contribution in [0.15, 0.2) is 30.3 Å². The van der Waals surface area contributed by atoms with Gasteiger partial charge in [-0.15, -0.1) is 0 Å². The highest BCUT2D eigenvalue weighted by molar-refractivity contribution is 5.94. The topological polar surface area (TPSA) is 75.6 Å². The number of hydrogen-bond acceptors (Lipinski definition) is 3. The molecule has 1 rings (SSSR count). The first kappa shape index (κ1) is 15.8. The molecule has 1 atom stereocenters. The third kappa shape index (κ3) is 5.14. The highest BCUT2D eigenvalue weighted by atomic mass is 16.5. The van der Waals surface area contributed by atoms with E-state index in [1.807, 2.05) is 19.1 Å². The van der Waals surface area contributed by atoms with Crippen LogP contribution in [0.1, 0.15) is 25.3 Å². The maximum Gasteiger partial charge on any atom is 0.326 e. The molecule has 0 aliphatic rings. The van der Waals surface area contributed by atoms with E-state index in [0.29, 0.717) is 12.8 Å². The fourth-order valence-electron chi connectivity index (χ4n) is 1.65. The van der Waals surface area contributed by atoms with Crippen LogP contribution in [0.25, 0.3) is 6.08 Å². The third-order valence-corrected chi connectivity index (χ3v) is 2.73. The summed E-state index contributed by atoms with van der Waals surface area (Å²) in [4.78, 5) is 22.6. The molecule has 0 bridgehead atoms. The number of rotatable bonds is 7. The Morgan fingerprint density at radius 3 is 2.50 bits per heavy atom. The van der Waals surface area contributed by atoms with Gasteiger partial charge in [-0.25, -0.2) is 4.79 Å². The quantitative estimate of drug-likeness (QED) is 0.748. The number of ether oxygens (including phenoxy) is 1. The van der Waals surface area contributed by atoms with E-state index >= 15 is 0 Å². The maximum absolute atomic E-state index is 11.6. The summed E-state index contributed by atoms with van der Waals surface area (Å²) in [6.45, 7) is 1.87. The van der Waals surface area contributed by atoms with Gasteiger partial charge in [0, 0.05) is 6.08 Å². The number of carboxylic acid groups (broad SMARTS) is 1. The van der Waals surface area contributed by atoms with Crippen LogP contribution >= 0.6 is 0 Å². The first-order valence-corrected chi connectivity index (χ1v) is 6.42. The Morgan fingerprint density at radius 2 is 2.00 bits per heavy atom. The Morgan fingerprint density at radius 1 is 1.35 bits per heavy atom. The van der Waals surface area contributed by atoms with Crippen molar-refractivity contribution in [2.45, 2.75) is 25.8 Å². The molecule has 108 valence electrons. The zero-order chi connectivity index (χ0) is 15.0. The van der Waals surface area contributed by atoms with Gasteiger partial charge < -0.3 is 15.2 Å². The summed E-state index contributed by atoms with van der Waals surface area (Å²) in [6.07, 6.45) is 4.06. The predicted octanol–water partition coefficient (Wildman–Crippen LogP) is 2.08. The summed E-state index contributed by atoms with van der Waals surface area (Å²) in [5.41, 5.74) is 0.836. The molecule has 0 spiro atoms. The van der Waals surface area contributed by atoms with Crippen LogP contribution < -0.4 is 10.1 Å². The van der Waals surface area contributed by atoms with Crippen molar-refractivity contribution in [2.24, 2.45) is 0 Å².